The zero-order chi connectivity index (χ0) is 15.8. The topological polar surface area (TPSA) is 45.7 Å². The zero-order valence-electron chi connectivity index (χ0n) is 12.6. The molecule has 0 heterocycles. The van der Waals surface area contributed by atoms with Gasteiger partial charge in [0, 0.05) is 18.7 Å². The molecule has 0 amide bonds. The highest BCUT2D eigenvalue weighted by Gasteiger charge is 2.11. The van der Waals surface area contributed by atoms with E-state index in [0.29, 0.717) is 24.9 Å². The van der Waals surface area contributed by atoms with E-state index in [9.17, 15) is 8.78 Å². The summed E-state index contributed by atoms with van der Waals surface area (Å²) < 4.78 is 31.2. The van der Waals surface area contributed by atoms with Crippen LogP contribution in [0.5, 0.6) is 5.75 Å². The third kappa shape index (κ3) is 5.02. The molecule has 1 aromatic rings. The first kappa shape index (κ1) is 16.3. The highest BCUT2D eigenvalue weighted by Crippen LogP contribution is 2.15. The molecule has 0 unspecified atom stereocenters. The standard InChI is InChI=1S/C16H21F2N3O/c1-2-19-16(21-12-5-3-4-6-12)20-9-10-22-13-7-8-14(17)15(18)11-13/h3-4,7-8,11-12H,2,5-6,9-10H2,1H3,(H2,19,20,21). The minimum absolute atomic E-state index is 0.296. The van der Waals surface area contributed by atoms with E-state index in [4.69, 9.17) is 4.74 Å². The maximum Gasteiger partial charge on any atom is 0.191 e. The van der Waals surface area contributed by atoms with E-state index < -0.39 is 11.6 Å². The molecule has 2 N–H and O–H groups in total. The molecule has 1 aromatic carbocycles. The summed E-state index contributed by atoms with van der Waals surface area (Å²) >= 11 is 0. The smallest absolute Gasteiger partial charge is 0.191 e. The van der Waals surface area contributed by atoms with Crippen LogP contribution in [0, 0.1) is 11.6 Å². The molecule has 4 nitrogen and oxygen atoms in total. The molecule has 0 fully saturated rings. The quantitative estimate of drug-likeness (QED) is 0.367. The van der Waals surface area contributed by atoms with Gasteiger partial charge >= 0.3 is 0 Å². The van der Waals surface area contributed by atoms with Crippen LogP contribution in [0.15, 0.2) is 35.3 Å². The van der Waals surface area contributed by atoms with Crippen molar-refractivity contribution in [3.8, 4) is 5.75 Å². The summed E-state index contributed by atoms with van der Waals surface area (Å²) in [5.74, 6) is -0.754. The van der Waals surface area contributed by atoms with Crippen molar-refractivity contribution in [3.63, 3.8) is 0 Å². The van der Waals surface area contributed by atoms with Crippen molar-refractivity contribution < 1.29 is 13.5 Å². The van der Waals surface area contributed by atoms with Gasteiger partial charge in [0.1, 0.15) is 12.4 Å². The van der Waals surface area contributed by atoms with Gasteiger partial charge in [-0.3, -0.25) is 0 Å². The summed E-state index contributed by atoms with van der Waals surface area (Å²) in [7, 11) is 0. The Labute approximate surface area is 129 Å². The second-order valence-corrected chi connectivity index (χ2v) is 4.97. The number of aliphatic imine (C=N–C) groups is 1. The Morgan fingerprint density at radius 2 is 2.05 bits per heavy atom. The van der Waals surface area contributed by atoms with Crippen LogP contribution >= 0.6 is 0 Å². The monoisotopic (exact) mass is 309 g/mol. The van der Waals surface area contributed by atoms with Crippen molar-refractivity contribution in [2.24, 2.45) is 4.99 Å². The molecule has 2 rings (SSSR count). The lowest BCUT2D eigenvalue weighted by atomic mass is 10.2. The molecule has 0 saturated heterocycles. The number of rotatable bonds is 6. The van der Waals surface area contributed by atoms with Gasteiger partial charge in [-0.2, -0.15) is 0 Å². The summed E-state index contributed by atoms with van der Waals surface area (Å²) in [6.07, 6.45) is 6.28. The summed E-state index contributed by atoms with van der Waals surface area (Å²) in [6, 6.07) is 3.86. The third-order valence-electron chi connectivity index (χ3n) is 3.21. The Kier molecular flexibility index (Phi) is 6.18. The highest BCUT2D eigenvalue weighted by atomic mass is 19.2. The average molecular weight is 309 g/mol. The maximum atomic E-state index is 13.0. The molecule has 22 heavy (non-hydrogen) atoms. The van der Waals surface area contributed by atoms with Crippen LogP contribution in [0.3, 0.4) is 0 Å². The van der Waals surface area contributed by atoms with Crippen molar-refractivity contribution in [2.45, 2.75) is 25.8 Å². The van der Waals surface area contributed by atoms with E-state index in [2.05, 4.69) is 27.8 Å². The second kappa shape index (κ2) is 8.36. The molecule has 0 atom stereocenters. The predicted octanol–water partition coefficient (Wildman–Crippen LogP) is 2.62. The number of nitrogens with one attached hydrogen (secondary N) is 2. The van der Waals surface area contributed by atoms with Gasteiger partial charge in [-0.15, -0.1) is 0 Å². The number of ether oxygens (including phenoxy) is 1. The Bertz CT molecular complexity index is 538. The SMILES string of the molecule is CCNC(=NCCOc1ccc(F)c(F)c1)NC1CC=CC1. The van der Waals surface area contributed by atoms with Gasteiger partial charge in [-0.25, -0.2) is 13.8 Å². The number of halogens is 2. The zero-order valence-corrected chi connectivity index (χ0v) is 12.6. The molecule has 6 heteroatoms. The number of nitrogens with zero attached hydrogens (tertiary/aromatic N) is 1. The van der Waals surface area contributed by atoms with Crippen molar-refractivity contribution >= 4 is 5.96 Å². The molecule has 0 saturated carbocycles. The van der Waals surface area contributed by atoms with Crippen molar-refractivity contribution in [3.05, 3.63) is 42.0 Å². The van der Waals surface area contributed by atoms with Crippen LogP contribution in [-0.4, -0.2) is 31.7 Å². The van der Waals surface area contributed by atoms with Gasteiger partial charge in [0.2, 0.25) is 0 Å². The third-order valence-corrected chi connectivity index (χ3v) is 3.21. The second-order valence-electron chi connectivity index (χ2n) is 4.97. The molecule has 0 radical (unpaired) electrons. The first-order valence-corrected chi connectivity index (χ1v) is 7.46. The molecule has 1 aliphatic rings. The van der Waals surface area contributed by atoms with Gasteiger partial charge in [-0.05, 0) is 31.9 Å². The van der Waals surface area contributed by atoms with Gasteiger partial charge in [-0.1, -0.05) is 12.2 Å². The lowest BCUT2D eigenvalue weighted by molar-refractivity contribution is 0.325. The lowest BCUT2D eigenvalue weighted by Gasteiger charge is -2.16. The summed E-state index contributed by atoms with van der Waals surface area (Å²) in [6.45, 7) is 3.50. The number of guanidine groups is 1. The molecule has 120 valence electrons. The number of benzene rings is 1. The fraction of sp³-hybridized carbons (Fsp3) is 0.438. The van der Waals surface area contributed by atoms with Crippen LogP contribution in [0.4, 0.5) is 8.78 Å². The van der Waals surface area contributed by atoms with E-state index in [1.807, 2.05) is 6.92 Å². The van der Waals surface area contributed by atoms with E-state index >= 15 is 0 Å². The van der Waals surface area contributed by atoms with Gasteiger partial charge < -0.3 is 15.4 Å². The first-order chi connectivity index (χ1) is 10.7. The predicted molar refractivity (Wildman–Crippen MR) is 83.1 cm³/mol. The number of hydrogen-bond donors (Lipinski definition) is 2. The van der Waals surface area contributed by atoms with Crippen molar-refractivity contribution in [1.82, 2.24) is 10.6 Å². The fourth-order valence-corrected chi connectivity index (χ4v) is 2.14. The van der Waals surface area contributed by atoms with Crippen LogP contribution in [0.2, 0.25) is 0 Å². The molecular formula is C16H21F2N3O. The Balaban J connectivity index is 1.78. The summed E-state index contributed by atoms with van der Waals surface area (Å²) in [5, 5.41) is 6.51. The van der Waals surface area contributed by atoms with Crippen LogP contribution in [-0.2, 0) is 0 Å². The molecular weight excluding hydrogens is 288 g/mol. The van der Waals surface area contributed by atoms with Crippen LogP contribution in [0.25, 0.3) is 0 Å². The minimum Gasteiger partial charge on any atom is -0.492 e. The maximum absolute atomic E-state index is 13.0. The van der Waals surface area contributed by atoms with Gasteiger partial charge in [0.25, 0.3) is 0 Å². The summed E-state index contributed by atoms with van der Waals surface area (Å²) in [5.41, 5.74) is 0. The lowest BCUT2D eigenvalue weighted by Crippen LogP contribution is -2.42. The normalized spacial score (nSPS) is 15.1. The Hall–Kier alpha value is -2.11. The first-order valence-electron chi connectivity index (χ1n) is 7.46. The average Bonchev–Trinajstić information content (AvgIpc) is 3.00. The fourth-order valence-electron chi connectivity index (χ4n) is 2.14. The molecule has 0 spiro atoms. The number of hydrogen-bond acceptors (Lipinski definition) is 2. The molecule has 0 bridgehead atoms. The largest absolute Gasteiger partial charge is 0.492 e. The highest BCUT2D eigenvalue weighted by molar-refractivity contribution is 5.80. The van der Waals surface area contributed by atoms with Crippen LogP contribution < -0.4 is 15.4 Å². The van der Waals surface area contributed by atoms with Crippen molar-refractivity contribution in [1.29, 1.82) is 0 Å². The van der Waals surface area contributed by atoms with Crippen molar-refractivity contribution in [2.75, 3.05) is 19.7 Å². The molecule has 1 aliphatic carbocycles. The van der Waals surface area contributed by atoms with Gasteiger partial charge in [0.15, 0.2) is 17.6 Å². The van der Waals surface area contributed by atoms with Gasteiger partial charge in [0.05, 0.1) is 6.54 Å². The Morgan fingerprint density at radius 1 is 1.27 bits per heavy atom. The van der Waals surface area contributed by atoms with E-state index in [0.717, 1.165) is 37.5 Å². The van der Waals surface area contributed by atoms with E-state index in [-0.39, 0.29) is 0 Å². The Morgan fingerprint density at radius 3 is 2.73 bits per heavy atom. The summed E-state index contributed by atoms with van der Waals surface area (Å²) in [4.78, 5) is 4.41. The van der Waals surface area contributed by atoms with E-state index in [1.54, 1.807) is 0 Å². The molecule has 0 aromatic heterocycles. The van der Waals surface area contributed by atoms with E-state index in [1.165, 1.54) is 6.07 Å². The minimum atomic E-state index is -0.912. The van der Waals surface area contributed by atoms with Crippen LogP contribution in [0.1, 0.15) is 19.8 Å². The molecule has 0 aliphatic heterocycles.